The second-order valence-electron chi connectivity index (χ2n) is 13.2. The third kappa shape index (κ3) is 6.68. The lowest BCUT2D eigenvalue weighted by atomic mass is 9.88. The molecule has 0 N–H and O–H groups in total. The Labute approximate surface area is 280 Å². The average Bonchev–Trinajstić information content (AvgIpc) is 3.05. The molecule has 5 rings (SSSR count). The first-order valence-electron chi connectivity index (χ1n) is 16.1. The smallest absolute Gasteiger partial charge is 0.203 e. The molecule has 0 aromatic heterocycles. The summed E-state index contributed by atoms with van der Waals surface area (Å²) in [5.74, 6) is -0.688. The summed E-state index contributed by atoms with van der Waals surface area (Å²) in [4.78, 5) is 31.3. The van der Waals surface area contributed by atoms with E-state index in [1.165, 1.54) is 6.07 Å². The predicted molar refractivity (Wildman–Crippen MR) is 190 cm³/mol. The largest absolute Gasteiger partial charge is 0.545 e. The minimum Gasteiger partial charge on any atom is -0.545 e. The number of anilines is 1. The van der Waals surface area contributed by atoms with Crippen LogP contribution >= 0.6 is 0 Å². The maximum Gasteiger partial charge on any atom is 0.203 e. The predicted octanol–water partition coefficient (Wildman–Crippen LogP) is 7.67. The van der Waals surface area contributed by atoms with Crippen LogP contribution in [0.5, 0.6) is 0 Å². The number of carbonyl (C=O) groups is 2. The van der Waals surface area contributed by atoms with Gasteiger partial charge in [0, 0.05) is 76.6 Å². The van der Waals surface area contributed by atoms with Crippen LogP contribution in [-0.2, 0) is 6.42 Å². The monoisotopic (exact) mass is 643 g/mol. The fourth-order valence-corrected chi connectivity index (χ4v) is 6.15. The molecule has 0 saturated carbocycles. The SMILES string of the molecule is CC(C)c1cc(CCC(=O)c2ccc(-c3c4ccc(=[N+](C)C)cc-4oc4cc(N(C)C)ccc34)c(C(=O)[O-])c2)cc(C(C)C)c1N=[N+]=[N-]. The van der Waals surface area contributed by atoms with Gasteiger partial charge in [-0.3, -0.25) is 4.79 Å². The van der Waals surface area contributed by atoms with Crippen LogP contribution in [0.2, 0.25) is 0 Å². The number of aromatic carboxylic acids is 1. The van der Waals surface area contributed by atoms with Crippen molar-refractivity contribution < 1.29 is 19.1 Å². The summed E-state index contributed by atoms with van der Waals surface area (Å²) in [6.07, 6.45) is 0.633. The Bertz CT molecular complexity index is 2120. The minimum absolute atomic E-state index is 0.0640. The zero-order valence-corrected chi connectivity index (χ0v) is 28.8. The number of hydrogen-bond acceptors (Lipinski definition) is 6. The molecule has 0 amide bonds. The van der Waals surface area contributed by atoms with Gasteiger partial charge in [0.25, 0.3) is 0 Å². The number of carbonyl (C=O) groups excluding carboxylic acids is 2. The molecule has 246 valence electrons. The molecule has 0 atom stereocenters. The molecule has 48 heavy (non-hydrogen) atoms. The van der Waals surface area contributed by atoms with Gasteiger partial charge in [-0.25, -0.2) is 4.58 Å². The van der Waals surface area contributed by atoms with E-state index in [-0.39, 0.29) is 29.6 Å². The molecule has 0 fully saturated rings. The van der Waals surface area contributed by atoms with Crippen molar-refractivity contribution in [2.45, 2.75) is 52.4 Å². The lowest BCUT2D eigenvalue weighted by Crippen LogP contribution is -2.24. The second kappa shape index (κ2) is 13.8. The fourth-order valence-electron chi connectivity index (χ4n) is 6.15. The maximum absolute atomic E-state index is 13.6. The van der Waals surface area contributed by atoms with Crippen molar-refractivity contribution in [2.75, 3.05) is 33.1 Å². The van der Waals surface area contributed by atoms with Crippen LogP contribution in [0.25, 0.3) is 43.9 Å². The number of benzene rings is 4. The first kappa shape index (κ1) is 33.9. The third-order valence-corrected chi connectivity index (χ3v) is 8.81. The highest BCUT2D eigenvalue weighted by Crippen LogP contribution is 2.42. The number of carboxylic acid groups (broad SMARTS) is 1. The summed E-state index contributed by atoms with van der Waals surface area (Å²) in [7, 11) is 7.79. The first-order valence-corrected chi connectivity index (χ1v) is 16.1. The van der Waals surface area contributed by atoms with Crippen LogP contribution in [0.4, 0.5) is 11.4 Å². The summed E-state index contributed by atoms with van der Waals surface area (Å²) < 4.78 is 8.38. The van der Waals surface area contributed by atoms with Gasteiger partial charge in [-0.05, 0) is 70.3 Å². The molecule has 2 aliphatic rings. The van der Waals surface area contributed by atoms with E-state index in [2.05, 4.69) is 10.0 Å². The summed E-state index contributed by atoms with van der Waals surface area (Å²) in [6, 6.07) is 20.5. The second-order valence-corrected chi connectivity index (χ2v) is 13.2. The Morgan fingerprint density at radius 2 is 1.58 bits per heavy atom. The summed E-state index contributed by atoms with van der Waals surface area (Å²) in [5.41, 5.74) is 16.4. The zero-order chi connectivity index (χ0) is 34.9. The van der Waals surface area contributed by atoms with Gasteiger partial charge in [0.1, 0.15) is 25.4 Å². The van der Waals surface area contributed by atoms with E-state index in [4.69, 9.17) is 4.42 Å². The molecule has 3 aromatic carbocycles. The van der Waals surface area contributed by atoms with Crippen molar-refractivity contribution >= 4 is 34.1 Å². The molecule has 9 heteroatoms. The van der Waals surface area contributed by atoms with Crippen LogP contribution in [-0.4, -0.2) is 39.9 Å². The van der Waals surface area contributed by atoms with E-state index in [1.54, 1.807) is 12.1 Å². The van der Waals surface area contributed by atoms with Crippen molar-refractivity contribution in [3.05, 3.63) is 110 Å². The van der Waals surface area contributed by atoms with Crippen LogP contribution in [0, 0.1) is 0 Å². The fraction of sp³-hybridized carbons (Fsp3) is 0.308. The van der Waals surface area contributed by atoms with Gasteiger partial charge >= 0.3 is 0 Å². The highest BCUT2D eigenvalue weighted by atomic mass is 16.4. The molecule has 9 nitrogen and oxygen atoms in total. The normalized spacial score (nSPS) is 11.3. The maximum atomic E-state index is 13.6. The van der Waals surface area contributed by atoms with Crippen molar-refractivity contribution in [1.82, 2.24) is 4.58 Å². The molecule has 3 aromatic rings. The van der Waals surface area contributed by atoms with Gasteiger partial charge in [0.2, 0.25) is 5.36 Å². The lowest BCUT2D eigenvalue weighted by Gasteiger charge is -2.20. The molecule has 0 radical (unpaired) electrons. The Morgan fingerprint density at radius 3 is 2.17 bits per heavy atom. The van der Waals surface area contributed by atoms with Gasteiger partial charge < -0.3 is 19.2 Å². The van der Waals surface area contributed by atoms with Gasteiger partial charge in [-0.2, -0.15) is 0 Å². The number of ketones is 1. The van der Waals surface area contributed by atoms with E-state index in [9.17, 15) is 20.2 Å². The number of azide groups is 1. The number of fused-ring (bicyclic) bond motifs is 2. The lowest BCUT2D eigenvalue weighted by molar-refractivity contribution is -0.254. The highest BCUT2D eigenvalue weighted by Gasteiger charge is 2.22. The molecular weight excluding hydrogens is 602 g/mol. The number of Topliss-reactive ketones (excluding diaryl/α,β-unsaturated/α-hetero) is 1. The molecule has 0 unspecified atom stereocenters. The Morgan fingerprint density at radius 1 is 0.917 bits per heavy atom. The van der Waals surface area contributed by atoms with Gasteiger partial charge in [0.15, 0.2) is 5.78 Å². The first-order chi connectivity index (χ1) is 22.8. The Kier molecular flexibility index (Phi) is 9.73. The molecule has 1 heterocycles. The number of hydrogen-bond donors (Lipinski definition) is 0. The van der Waals surface area contributed by atoms with Crippen LogP contribution in [0.3, 0.4) is 0 Å². The standard InChI is InChI=1S/C39H41N5O4/c1-22(2)31-17-24(18-32(23(3)4)38(31)41-42-40)9-16-34(45)25-10-13-28(33(19-25)39(46)47)37-29-14-11-26(43(5)6)20-35(29)48-36-21-27(44(7)8)12-15-30(36)37/h10-15,17-23H,9,16H2,1-8H3. The van der Waals surface area contributed by atoms with Crippen LogP contribution < -0.4 is 19.9 Å². The molecule has 0 saturated heterocycles. The molecule has 0 bridgehead atoms. The molecule has 1 aliphatic heterocycles. The van der Waals surface area contributed by atoms with E-state index < -0.39 is 5.97 Å². The van der Waals surface area contributed by atoms with E-state index in [1.807, 2.05) is 114 Å². The van der Waals surface area contributed by atoms with E-state index >= 15 is 0 Å². The number of nitrogens with zero attached hydrogens (tertiary/aromatic N) is 5. The van der Waals surface area contributed by atoms with Crippen molar-refractivity contribution in [3.63, 3.8) is 0 Å². The molecule has 0 spiro atoms. The van der Waals surface area contributed by atoms with Crippen molar-refractivity contribution in [1.29, 1.82) is 0 Å². The van der Waals surface area contributed by atoms with Gasteiger partial charge in [-0.15, -0.1) is 0 Å². The average molecular weight is 644 g/mol. The Balaban J connectivity index is 1.59. The summed E-state index contributed by atoms with van der Waals surface area (Å²) in [6.45, 7) is 8.18. The van der Waals surface area contributed by atoms with Gasteiger partial charge in [0.05, 0.1) is 12.0 Å². The van der Waals surface area contributed by atoms with E-state index in [0.29, 0.717) is 40.1 Å². The van der Waals surface area contributed by atoms with E-state index in [0.717, 1.165) is 38.7 Å². The topological polar surface area (TPSA) is 125 Å². The van der Waals surface area contributed by atoms with Gasteiger partial charge in [-0.1, -0.05) is 57.1 Å². The number of aryl methyl sites for hydroxylation is 1. The van der Waals surface area contributed by atoms with Crippen molar-refractivity contribution in [2.24, 2.45) is 5.11 Å². The van der Waals surface area contributed by atoms with Crippen LogP contribution in [0.15, 0.2) is 76.3 Å². The number of rotatable bonds is 10. The van der Waals surface area contributed by atoms with Crippen molar-refractivity contribution in [3.8, 4) is 22.5 Å². The number of carboxylic acids is 1. The molecule has 1 aliphatic carbocycles. The highest BCUT2D eigenvalue weighted by molar-refractivity contribution is 6.09. The molecular formula is C39H41N5O4. The minimum atomic E-state index is -1.37. The third-order valence-electron chi connectivity index (χ3n) is 8.81. The Hall–Kier alpha value is -5.40. The quantitative estimate of drug-likeness (QED) is 0.0386. The zero-order valence-electron chi connectivity index (χ0n) is 28.8. The summed E-state index contributed by atoms with van der Waals surface area (Å²) >= 11 is 0. The summed E-state index contributed by atoms with van der Waals surface area (Å²) in [5, 5.41) is 18.4. The van der Waals surface area contributed by atoms with Crippen LogP contribution in [0.1, 0.15) is 83.4 Å².